The van der Waals surface area contributed by atoms with Crippen molar-refractivity contribution in [2.45, 2.75) is 24.9 Å². The zero-order chi connectivity index (χ0) is 14.7. The largest absolute Gasteiger partial charge is 0.497 e. The fourth-order valence-electron chi connectivity index (χ4n) is 2.70. The van der Waals surface area contributed by atoms with Crippen LogP contribution in [0.3, 0.4) is 0 Å². The number of carbonyl (C=O) groups is 1. The van der Waals surface area contributed by atoms with Crippen LogP contribution >= 0.6 is 0 Å². The Morgan fingerprint density at radius 2 is 2.14 bits per heavy atom. The predicted molar refractivity (Wildman–Crippen MR) is 79.2 cm³/mol. The molecule has 2 atom stereocenters. The van der Waals surface area contributed by atoms with Crippen LogP contribution in [0.1, 0.15) is 24.4 Å². The molecule has 21 heavy (non-hydrogen) atoms. The highest BCUT2D eigenvalue weighted by atomic mass is 16.5. The van der Waals surface area contributed by atoms with Crippen molar-refractivity contribution in [3.8, 4) is 5.75 Å². The molecule has 1 saturated carbocycles. The van der Waals surface area contributed by atoms with Gasteiger partial charge in [0.25, 0.3) is 0 Å². The Bertz CT molecular complexity index is 479. The highest BCUT2D eigenvalue weighted by molar-refractivity contribution is 5.82. The Kier molecular flexibility index (Phi) is 4.41. The summed E-state index contributed by atoms with van der Waals surface area (Å²) in [7, 11) is 1.66. The van der Waals surface area contributed by atoms with E-state index in [4.69, 9.17) is 9.47 Å². The minimum atomic E-state index is -0.238. The van der Waals surface area contributed by atoms with Crippen LogP contribution in [-0.2, 0) is 9.53 Å². The molecule has 2 N–H and O–H groups in total. The Morgan fingerprint density at radius 1 is 1.38 bits per heavy atom. The van der Waals surface area contributed by atoms with Gasteiger partial charge in [-0.3, -0.25) is 4.79 Å². The third kappa shape index (κ3) is 3.54. The van der Waals surface area contributed by atoms with Gasteiger partial charge in [0, 0.05) is 6.54 Å². The van der Waals surface area contributed by atoms with Gasteiger partial charge in [0.05, 0.1) is 26.4 Å². The molecule has 2 aliphatic rings. The fraction of sp³-hybridized carbons (Fsp3) is 0.562. The number of nitrogens with one attached hydrogen (secondary N) is 2. The van der Waals surface area contributed by atoms with Crippen molar-refractivity contribution < 1.29 is 14.3 Å². The molecule has 114 valence electrons. The molecule has 0 radical (unpaired) electrons. The zero-order valence-corrected chi connectivity index (χ0v) is 12.3. The highest BCUT2D eigenvalue weighted by Gasteiger charge is 2.35. The maximum Gasteiger partial charge on any atom is 0.240 e. The number of methoxy groups -OCH3 is 1. The van der Waals surface area contributed by atoms with Crippen molar-refractivity contribution in [2.24, 2.45) is 5.92 Å². The lowest BCUT2D eigenvalue weighted by molar-refractivity contribution is -0.126. The molecule has 0 spiro atoms. The third-order valence-electron chi connectivity index (χ3n) is 4.10. The highest BCUT2D eigenvalue weighted by Crippen LogP contribution is 2.41. The lowest BCUT2D eigenvalue weighted by atomic mass is 10.0. The van der Waals surface area contributed by atoms with Crippen molar-refractivity contribution in [1.29, 1.82) is 0 Å². The second kappa shape index (κ2) is 6.45. The first-order chi connectivity index (χ1) is 10.3. The number of rotatable bonds is 5. The van der Waals surface area contributed by atoms with Gasteiger partial charge >= 0.3 is 0 Å². The molecule has 0 bridgehead atoms. The summed E-state index contributed by atoms with van der Waals surface area (Å²) in [6.07, 6.45) is 2.34. The van der Waals surface area contributed by atoms with E-state index in [0.717, 1.165) is 17.9 Å². The van der Waals surface area contributed by atoms with E-state index in [1.807, 2.05) is 24.3 Å². The van der Waals surface area contributed by atoms with Crippen LogP contribution < -0.4 is 15.4 Å². The molecule has 5 nitrogen and oxygen atoms in total. The smallest absolute Gasteiger partial charge is 0.240 e. The molecule has 1 aliphatic carbocycles. The van der Waals surface area contributed by atoms with Gasteiger partial charge in [-0.2, -0.15) is 0 Å². The van der Waals surface area contributed by atoms with Crippen molar-refractivity contribution in [3.05, 3.63) is 29.8 Å². The van der Waals surface area contributed by atoms with Crippen molar-refractivity contribution in [1.82, 2.24) is 10.6 Å². The topological polar surface area (TPSA) is 59.6 Å². The van der Waals surface area contributed by atoms with Crippen molar-refractivity contribution in [3.63, 3.8) is 0 Å². The van der Waals surface area contributed by atoms with E-state index in [1.54, 1.807) is 7.11 Å². The average molecular weight is 290 g/mol. The molecular formula is C16H22N2O3. The average Bonchev–Trinajstić information content (AvgIpc) is 3.38. The molecule has 0 aromatic heterocycles. The quantitative estimate of drug-likeness (QED) is 0.857. The van der Waals surface area contributed by atoms with Crippen LogP contribution in [0.25, 0.3) is 0 Å². The molecule has 3 rings (SSSR count). The van der Waals surface area contributed by atoms with Gasteiger partial charge in [0.1, 0.15) is 11.8 Å². The van der Waals surface area contributed by atoms with Gasteiger partial charge < -0.3 is 20.1 Å². The molecule has 1 amide bonds. The number of amides is 1. The second-order valence-corrected chi connectivity index (χ2v) is 5.68. The fourth-order valence-corrected chi connectivity index (χ4v) is 2.70. The van der Waals surface area contributed by atoms with E-state index in [2.05, 4.69) is 10.6 Å². The molecule has 2 fully saturated rings. The van der Waals surface area contributed by atoms with Crippen LogP contribution in [0.5, 0.6) is 5.75 Å². The van der Waals surface area contributed by atoms with E-state index in [1.165, 1.54) is 12.8 Å². The molecule has 1 aromatic rings. The van der Waals surface area contributed by atoms with E-state index >= 15 is 0 Å². The summed E-state index contributed by atoms with van der Waals surface area (Å²) in [5.74, 6) is 1.41. The number of carbonyl (C=O) groups excluding carboxylic acids is 1. The first kappa shape index (κ1) is 14.4. The van der Waals surface area contributed by atoms with Gasteiger partial charge in [-0.05, 0) is 36.5 Å². The maximum atomic E-state index is 12.4. The standard InChI is InChI=1S/C16H22N2O3/c1-20-13-6-4-12(5-7-13)15(11-2-3-11)18-16(19)14-10-21-9-8-17-14/h4-7,11,14-15,17H,2-3,8-10H2,1H3,(H,18,19). The van der Waals surface area contributed by atoms with Gasteiger partial charge in [-0.25, -0.2) is 0 Å². The molecule has 1 heterocycles. The number of benzene rings is 1. The number of hydrogen-bond donors (Lipinski definition) is 2. The minimum absolute atomic E-state index is 0.0300. The lowest BCUT2D eigenvalue weighted by Crippen LogP contribution is -2.52. The summed E-state index contributed by atoms with van der Waals surface area (Å²) in [6, 6.07) is 7.81. The third-order valence-corrected chi connectivity index (χ3v) is 4.10. The SMILES string of the molecule is COc1ccc(C(NC(=O)C2COCCN2)C2CC2)cc1. The van der Waals surface area contributed by atoms with Crippen LogP contribution in [0.4, 0.5) is 0 Å². The summed E-state index contributed by atoms with van der Waals surface area (Å²) in [5.41, 5.74) is 1.14. The van der Waals surface area contributed by atoms with E-state index in [9.17, 15) is 4.79 Å². The predicted octanol–water partition coefficient (Wildman–Crippen LogP) is 1.25. The first-order valence-corrected chi connectivity index (χ1v) is 7.53. The summed E-state index contributed by atoms with van der Waals surface area (Å²) in [4.78, 5) is 12.4. The first-order valence-electron chi connectivity index (χ1n) is 7.53. The maximum absolute atomic E-state index is 12.4. The zero-order valence-electron chi connectivity index (χ0n) is 12.3. The van der Waals surface area contributed by atoms with Gasteiger partial charge in [-0.1, -0.05) is 12.1 Å². The van der Waals surface area contributed by atoms with Gasteiger partial charge in [-0.15, -0.1) is 0 Å². The molecule has 1 aromatic carbocycles. The summed E-state index contributed by atoms with van der Waals surface area (Å²) in [5, 5.41) is 6.38. The molecule has 2 unspecified atom stereocenters. The summed E-state index contributed by atoms with van der Waals surface area (Å²) in [6.45, 7) is 1.86. The van der Waals surface area contributed by atoms with Crippen LogP contribution in [0.2, 0.25) is 0 Å². The summed E-state index contributed by atoms with van der Waals surface area (Å²) < 4.78 is 10.5. The minimum Gasteiger partial charge on any atom is -0.497 e. The van der Waals surface area contributed by atoms with Gasteiger partial charge in [0.15, 0.2) is 0 Å². The van der Waals surface area contributed by atoms with Gasteiger partial charge in [0.2, 0.25) is 5.91 Å². The summed E-state index contributed by atoms with van der Waals surface area (Å²) >= 11 is 0. The van der Waals surface area contributed by atoms with Crippen LogP contribution in [0, 0.1) is 5.92 Å². The number of morpholine rings is 1. The monoisotopic (exact) mass is 290 g/mol. The van der Waals surface area contributed by atoms with E-state index in [0.29, 0.717) is 19.1 Å². The Hall–Kier alpha value is -1.59. The second-order valence-electron chi connectivity index (χ2n) is 5.68. The van der Waals surface area contributed by atoms with Crippen LogP contribution in [-0.4, -0.2) is 38.8 Å². The van der Waals surface area contributed by atoms with E-state index in [-0.39, 0.29) is 18.0 Å². The Labute approximate surface area is 125 Å². The lowest BCUT2D eigenvalue weighted by Gasteiger charge is -2.26. The number of ether oxygens (including phenoxy) is 2. The van der Waals surface area contributed by atoms with Crippen molar-refractivity contribution in [2.75, 3.05) is 26.9 Å². The molecular weight excluding hydrogens is 268 g/mol. The molecule has 1 aliphatic heterocycles. The Balaban J connectivity index is 1.67. The number of hydrogen-bond acceptors (Lipinski definition) is 4. The molecule has 1 saturated heterocycles. The van der Waals surface area contributed by atoms with Crippen molar-refractivity contribution >= 4 is 5.91 Å². The molecule has 5 heteroatoms. The Morgan fingerprint density at radius 3 is 2.71 bits per heavy atom. The normalized spacial score (nSPS) is 23.4. The van der Waals surface area contributed by atoms with Crippen LogP contribution in [0.15, 0.2) is 24.3 Å². The van der Waals surface area contributed by atoms with E-state index < -0.39 is 0 Å².